The van der Waals surface area contributed by atoms with Crippen LogP contribution in [0.15, 0.2) is 53.6 Å². The second-order valence-electron chi connectivity index (χ2n) is 5.17. The number of nitrogens with one attached hydrogen (secondary N) is 1. The SMILES string of the molecule is CS(=O)(=O)c1ccc2nc(NCc3ccc(F)cc3)ncc2c1. The molecule has 0 amide bonds. The Hall–Kier alpha value is -2.54. The number of fused-ring (bicyclic) bond motifs is 1. The fourth-order valence-corrected chi connectivity index (χ4v) is 2.77. The van der Waals surface area contributed by atoms with Gasteiger partial charge in [0.25, 0.3) is 0 Å². The summed E-state index contributed by atoms with van der Waals surface area (Å²) in [5.41, 5.74) is 1.55. The summed E-state index contributed by atoms with van der Waals surface area (Å²) >= 11 is 0. The van der Waals surface area contributed by atoms with Crippen LogP contribution in [0.5, 0.6) is 0 Å². The third-order valence-electron chi connectivity index (χ3n) is 3.34. The van der Waals surface area contributed by atoms with Crippen molar-refractivity contribution in [3.63, 3.8) is 0 Å². The van der Waals surface area contributed by atoms with Gasteiger partial charge < -0.3 is 5.32 Å². The molecular weight excluding hydrogens is 317 g/mol. The molecule has 5 nitrogen and oxygen atoms in total. The fraction of sp³-hybridized carbons (Fsp3) is 0.125. The summed E-state index contributed by atoms with van der Waals surface area (Å²) < 4.78 is 35.9. The molecule has 1 heterocycles. The first kappa shape index (κ1) is 15.4. The molecule has 3 aromatic rings. The van der Waals surface area contributed by atoms with Gasteiger partial charge >= 0.3 is 0 Å². The van der Waals surface area contributed by atoms with Gasteiger partial charge in [0.05, 0.1) is 10.4 Å². The zero-order valence-corrected chi connectivity index (χ0v) is 13.1. The van der Waals surface area contributed by atoms with Crippen molar-refractivity contribution < 1.29 is 12.8 Å². The Labute approximate surface area is 133 Å². The van der Waals surface area contributed by atoms with Crippen LogP contribution in [-0.4, -0.2) is 24.6 Å². The number of aromatic nitrogens is 2. The summed E-state index contributed by atoms with van der Waals surface area (Å²) in [6.45, 7) is 0.465. The molecule has 23 heavy (non-hydrogen) atoms. The summed E-state index contributed by atoms with van der Waals surface area (Å²) in [4.78, 5) is 8.75. The summed E-state index contributed by atoms with van der Waals surface area (Å²) in [7, 11) is -3.26. The van der Waals surface area contributed by atoms with E-state index in [4.69, 9.17) is 0 Å². The lowest BCUT2D eigenvalue weighted by atomic mass is 10.2. The molecule has 7 heteroatoms. The van der Waals surface area contributed by atoms with Gasteiger partial charge in [-0.3, -0.25) is 0 Å². The summed E-state index contributed by atoms with van der Waals surface area (Å²) in [6, 6.07) is 10.9. The average molecular weight is 331 g/mol. The number of rotatable bonds is 4. The van der Waals surface area contributed by atoms with E-state index in [1.54, 1.807) is 30.5 Å². The van der Waals surface area contributed by atoms with Gasteiger partial charge in [-0.25, -0.2) is 22.8 Å². The number of halogens is 1. The highest BCUT2D eigenvalue weighted by atomic mass is 32.2. The van der Waals surface area contributed by atoms with Crippen LogP contribution < -0.4 is 5.32 Å². The number of nitrogens with zero attached hydrogens (tertiary/aromatic N) is 2. The van der Waals surface area contributed by atoms with Crippen molar-refractivity contribution >= 4 is 26.7 Å². The molecule has 0 radical (unpaired) electrons. The van der Waals surface area contributed by atoms with E-state index < -0.39 is 9.84 Å². The molecule has 0 aliphatic heterocycles. The highest BCUT2D eigenvalue weighted by molar-refractivity contribution is 7.90. The molecule has 0 spiro atoms. The van der Waals surface area contributed by atoms with E-state index in [1.807, 2.05) is 0 Å². The van der Waals surface area contributed by atoms with Crippen molar-refractivity contribution in [2.75, 3.05) is 11.6 Å². The van der Waals surface area contributed by atoms with Gasteiger partial charge in [-0.2, -0.15) is 0 Å². The van der Waals surface area contributed by atoms with E-state index >= 15 is 0 Å². The molecular formula is C16H14FN3O2S. The Morgan fingerprint density at radius 3 is 2.57 bits per heavy atom. The standard InChI is InChI=1S/C16H14FN3O2S/c1-23(21,22)14-6-7-15-12(8-14)10-19-16(20-15)18-9-11-2-4-13(17)5-3-11/h2-8,10H,9H2,1H3,(H,18,19,20). The number of hydrogen-bond acceptors (Lipinski definition) is 5. The van der Waals surface area contributed by atoms with Gasteiger partial charge in [0, 0.05) is 24.4 Å². The van der Waals surface area contributed by atoms with E-state index in [-0.39, 0.29) is 10.7 Å². The lowest BCUT2D eigenvalue weighted by molar-refractivity contribution is 0.602. The molecule has 0 saturated carbocycles. The second-order valence-corrected chi connectivity index (χ2v) is 7.18. The number of benzene rings is 2. The highest BCUT2D eigenvalue weighted by Crippen LogP contribution is 2.18. The van der Waals surface area contributed by atoms with E-state index in [2.05, 4.69) is 15.3 Å². The lowest BCUT2D eigenvalue weighted by Crippen LogP contribution is -2.04. The van der Waals surface area contributed by atoms with Crippen LogP contribution in [0.3, 0.4) is 0 Å². The van der Waals surface area contributed by atoms with Crippen molar-refractivity contribution in [2.45, 2.75) is 11.4 Å². The van der Waals surface area contributed by atoms with Gasteiger partial charge in [-0.05, 0) is 35.9 Å². The van der Waals surface area contributed by atoms with Crippen molar-refractivity contribution in [3.05, 3.63) is 60.0 Å². The third-order valence-corrected chi connectivity index (χ3v) is 4.45. The maximum atomic E-state index is 12.9. The van der Waals surface area contributed by atoms with Crippen LogP contribution >= 0.6 is 0 Å². The van der Waals surface area contributed by atoms with Gasteiger partial charge in [0.15, 0.2) is 9.84 Å². The Balaban J connectivity index is 1.81. The molecule has 3 rings (SSSR count). The van der Waals surface area contributed by atoms with Crippen molar-refractivity contribution in [2.24, 2.45) is 0 Å². The summed E-state index contributed by atoms with van der Waals surface area (Å²) in [5.74, 6) is 0.145. The zero-order valence-electron chi connectivity index (χ0n) is 12.3. The summed E-state index contributed by atoms with van der Waals surface area (Å²) in [5, 5.41) is 3.71. The Morgan fingerprint density at radius 1 is 1.13 bits per heavy atom. The van der Waals surface area contributed by atoms with E-state index in [0.717, 1.165) is 11.8 Å². The molecule has 0 aliphatic rings. The molecule has 2 aromatic carbocycles. The third kappa shape index (κ3) is 3.62. The fourth-order valence-electron chi connectivity index (χ4n) is 2.11. The Kier molecular flexibility index (Phi) is 3.96. The van der Waals surface area contributed by atoms with Crippen LogP contribution in [0.1, 0.15) is 5.56 Å². The maximum Gasteiger partial charge on any atom is 0.223 e. The van der Waals surface area contributed by atoms with Gasteiger partial charge in [0.2, 0.25) is 5.95 Å². The molecule has 0 aliphatic carbocycles. The minimum absolute atomic E-state index is 0.237. The van der Waals surface area contributed by atoms with E-state index in [0.29, 0.717) is 23.4 Å². The zero-order chi connectivity index (χ0) is 16.4. The lowest BCUT2D eigenvalue weighted by Gasteiger charge is -2.06. The van der Waals surface area contributed by atoms with Crippen LogP contribution in [-0.2, 0) is 16.4 Å². The average Bonchev–Trinajstić information content (AvgIpc) is 2.53. The molecule has 0 atom stereocenters. The molecule has 1 aromatic heterocycles. The van der Waals surface area contributed by atoms with Crippen LogP contribution in [0.4, 0.5) is 10.3 Å². The first-order valence-corrected chi connectivity index (χ1v) is 8.76. The Morgan fingerprint density at radius 2 is 1.87 bits per heavy atom. The molecule has 0 fully saturated rings. The molecule has 0 saturated heterocycles. The predicted octanol–water partition coefficient (Wildman–Crippen LogP) is 2.78. The minimum Gasteiger partial charge on any atom is -0.350 e. The van der Waals surface area contributed by atoms with Gasteiger partial charge in [-0.1, -0.05) is 12.1 Å². The van der Waals surface area contributed by atoms with E-state index in [9.17, 15) is 12.8 Å². The topological polar surface area (TPSA) is 72.0 Å². The van der Waals surface area contributed by atoms with Crippen molar-refractivity contribution in [1.82, 2.24) is 9.97 Å². The molecule has 0 bridgehead atoms. The van der Waals surface area contributed by atoms with Crippen molar-refractivity contribution in [3.8, 4) is 0 Å². The van der Waals surface area contributed by atoms with Gasteiger partial charge in [0.1, 0.15) is 5.82 Å². The number of hydrogen-bond donors (Lipinski definition) is 1. The largest absolute Gasteiger partial charge is 0.350 e. The minimum atomic E-state index is -3.26. The van der Waals surface area contributed by atoms with E-state index in [1.165, 1.54) is 18.2 Å². The van der Waals surface area contributed by atoms with Crippen molar-refractivity contribution in [1.29, 1.82) is 0 Å². The molecule has 0 unspecified atom stereocenters. The first-order chi connectivity index (χ1) is 10.9. The first-order valence-electron chi connectivity index (χ1n) is 6.87. The molecule has 118 valence electrons. The highest BCUT2D eigenvalue weighted by Gasteiger charge is 2.08. The normalized spacial score (nSPS) is 11.6. The van der Waals surface area contributed by atoms with Crippen LogP contribution in [0.2, 0.25) is 0 Å². The summed E-state index contributed by atoms with van der Waals surface area (Å²) in [6.07, 6.45) is 2.73. The quantitative estimate of drug-likeness (QED) is 0.796. The van der Waals surface area contributed by atoms with Crippen LogP contribution in [0.25, 0.3) is 10.9 Å². The van der Waals surface area contributed by atoms with Crippen LogP contribution in [0, 0.1) is 5.82 Å². The van der Waals surface area contributed by atoms with Gasteiger partial charge in [-0.15, -0.1) is 0 Å². The smallest absolute Gasteiger partial charge is 0.223 e. The maximum absolute atomic E-state index is 12.9. The number of anilines is 1. The second kappa shape index (κ2) is 5.92. The predicted molar refractivity (Wildman–Crippen MR) is 86.4 cm³/mol. The monoisotopic (exact) mass is 331 g/mol. The Bertz CT molecular complexity index is 957. The number of sulfone groups is 1. The molecule has 1 N–H and O–H groups in total.